The molecule has 0 radical (unpaired) electrons. The van der Waals surface area contributed by atoms with Crippen molar-refractivity contribution in [2.75, 3.05) is 31.1 Å². The summed E-state index contributed by atoms with van der Waals surface area (Å²) in [5, 5.41) is 4.93. The number of nitrogens with zero attached hydrogens (tertiary/aromatic N) is 3. The second-order valence-corrected chi connectivity index (χ2v) is 8.45. The molecule has 134 valence electrons. The molecule has 3 heterocycles. The van der Waals surface area contributed by atoms with Gasteiger partial charge in [0.2, 0.25) is 5.91 Å². The summed E-state index contributed by atoms with van der Waals surface area (Å²) in [7, 11) is 0. The van der Waals surface area contributed by atoms with E-state index in [1.54, 1.807) is 18.3 Å². The van der Waals surface area contributed by atoms with Crippen molar-refractivity contribution in [1.82, 2.24) is 15.2 Å². The first-order valence-corrected chi connectivity index (χ1v) is 10.1. The third-order valence-electron chi connectivity index (χ3n) is 5.22. The maximum Gasteiger partial charge on any atom is 0.217 e. The largest absolute Gasteiger partial charge is 0.352 e. The van der Waals surface area contributed by atoms with Gasteiger partial charge >= 0.3 is 0 Å². The van der Waals surface area contributed by atoms with Crippen LogP contribution in [-0.2, 0) is 4.79 Å². The fourth-order valence-corrected chi connectivity index (χ4v) is 5.26. The number of likely N-dealkylation sites (tertiary alicyclic amines) is 1. The highest BCUT2D eigenvalue weighted by Gasteiger charge is 2.31. The number of carbonyl (C=O) groups excluding carboxylic acids is 1. The molecule has 1 aromatic carbocycles. The fraction of sp³-hybridized carbons (Fsp3) is 0.556. The van der Waals surface area contributed by atoms with Gasteiger partial charge < -0.3 is 10.2 Å². The minimum Gasteiger partial charge on any atom is -0.352 e. The van der Waals surface area contributed by atoms with Crippen LogP contribution >= 0.6 is 22.9 Å². The van der Waals surface area contributed by atoms with Crippen molar-refractivity contribution in [2.45, 2.75) is 38.3 Å². The molecule has 1 atom stereocenters. The van der Waals surface area contributed by atoms with E-state index in [-0.39, 0.29) is 5.91 Å². The van der Waals surface area contributed by atoms with Gasteiger partial charge in [-0.25, -0.2) is 4.98 Å². The number of amides is 1. The summed E-state index contributed by atoms with van der Waals surface area (Å²) in [4.78, 5) is 20.9. The van der Waals surface area contributed by atoms with Crippen LogP contribution in [0.1, 0.15) is 26.2 Å². The molecule has 0 spiro atoms. The van der Waals surface area contributed by atoms with Gasteiger partial charge in [-0.05, 0) is 37.5 Å². The van der Waals surface area contributed by atoms with Gasteiger partial charge in [-0.3, -0.25) is 9.69 Å². The lowest BCUT2D eigenvalue weighted by molar-refractivity contribution is -0.119. The molecular weight excluding hydrogens is 356 g/mol. The van der Waals surface area contributed by atoms with E-state index in [0.29, 0.717) is 12.1 Å². The van der Waals surface area contributed by atoms with Crippen molar-refractivity contribution in [3.8, 4) is 0 Å². The number of carbonyl (C=O) groups is 1. The molecule has 0 unspecified atom stereocenters. The first kappa shape index (κ1) is 17.1. The Morgan fingerprint density at radius 1 is 1.28 bits per heavy atom. The number of aromatic nitrogens is 1. The predicted octanol–water partition coefficient (Wildman–Crippen LogP) is 3.13. The lowest BCUT2D eigenvalue weighted by Crippen LogP contribution is -2.45. The van der Waals surface area contributed by atoms with Crippen molar-refractivity contribution in [2.24, 2.45) is 0 Å². The quantitative estimate of drug-likeness (QED) is 0.891. The average Bonchev–Trinajstić information content (AvgIpc) is 3.21. The molecule has 1 amide bonds. The Morgan fingerprint density at radius 2 is 2.08 bits per heavy atom. The summed E-state index contributed by atoms with van der Waals surface area (Å²) in [6.45, 7) is 5.77. The molecule has 2 fully saturated rings. The lowest BCUT2D eigenvalue weighted by atomic mass is 10.0. The zero-order valence-corrected chi connectivity index (χ0v) is 15.9. The van der Waals surface area contributed by atoms with Crippen molar-refractivity contribution >= 4 is 44.2 Å². The molecule has 1 N–H and O–H groups in total. The number of anilines is 1. The van der Waals surface area contributed by atoms with E-state index in [2.05, 4.69) is 15.1 Å². The molecule has 2 aliphatic rings. The van der Waals surface area contributed by atoms with Crippen LogP contribution in [0.15, 0.2) is 18.2 Å². The summed E-state index contributed by atoms with van der Waals surface area (Å²) in [6, 6.07) is 6.84. The summed E-state index contributed by atoms with van der Waals surface area (Å²) < 4.78 is 1.15. The third-order valence-corrected chi connectivity index (χ3v) is 6.53. The zero-order valence-electron chi connectivity index (χ0n) is 14.4. The Labute approximate surface area is 157 Å². The highest BCUT2D eigenvalue weighted by atomic mass is 35.5. The fourth-order valence-electron chi connectivity index (χ4n) is 3.97. The van der Waals surface area contributed by atoms with E-state index in [1.165, 1.54) is 0 Å². The Hall–Kier alpha value is -1.37. The van der Waals surface area contributed by atoms with E-state index in [1.807, 2.05) is 18.2 Å². The molecule has 1 aromatic heterocycles. The molecule has 0 bridgehead atoms. The number of fused-ring (bicyclic) bond motifs is 1. The normalized spacial score (nSPS) is 22.6. The second kappa shape index (κ2) is 7.09. The highest BCUT2D eigenvalue weighted by molar-refractivity contribution is 7.22. The molecule has 2 aliphatic heterocycles. The van der Waals surface area contributed by atoms with Crippen LogP contribution in [0, 0.1) is 0 Å². The SMILES string of the molecule is CC(=O)N[C@H]1CCN(C2CCN(c3nc4ccc(Cl)cc4s3)CC2)C1. The highest BCUT2D eigenvalue weighted by Crippen LogP contribution is 2.33. The number of rotatable bonds is 3. The maximum atomic E-state index is 11.2. The molecule has 5 nitrogen and oxygen atoms in total. The second-order valence-electron chi connectivity index (χ2n) is 7.01. The van der Waals surface area contributed by atoms with Crippen LogP contribution in [0.2, 0.25) is 5.02 Å². The number of nitrogens with one attached hydrogen (secondary N) is 1. The van der Waals surface area contributed by atoms with Gasteiger partial charge in [0.15, 0.2) is 5.13 Å². The van der Waals surface area contributed by atoms with Crippen molar-refractivity contribution in [1.29, 1.82) is 0 Å². The Morgan fingerprint density at radius 3 is 2.84 bits per heavy atom. The van der Waals surface area contributed by atoms with Crippen LogP contribution in [0.5, 0.6) is 0 Å². The van der Waals surface area contributed by atoms with Crippen molar-refractivity contribution in [3.63, 3.8) is 0 Å². The van der Waals surface area contributed by atoms with E-state index in [0.717, 1.165) is 65.8 Å². The van der Waals surface area contributed by atoms with E-state index < -0.39 is 0 Å². The maximum absolute atomic E-state index is 11.2. The Bertz CT molecular complexity index is 772. The van der Waals surface area contributed by atoms with Crippen molar-refractivity contribution in [3.05, 3.63) is 23.2 Å². The monoisotopic (exact) mass is 378 g/mol. The molecular formula is C18H23ClN4OS. The molecule has 0 aliphatic carbocycles. The van der Waals surface area contributed by atoms with Gasteiger partial charge in [-0.15, -0.1) is 0 Å². The molecule has 4 rings (SSSR count). The van der Waals surface area contributed by atoms with Gasteiger partial charge in [0.1, 0.15) is 0 Å². The van der Waals surface area contributed by atoms with Crippen molar-refractivity contribution < 1.29 is 4.79 Å². The topological polar surface area (TPSA) is 48.5 Å². The summed E-state index contributed by atoms with van der Waals surface area (Å²) in [6.07, 6.45) is 3.38. The van der Waals surface area contributed by atoms with Gasteiger partial charge in [-0.1, -0.05) is 22.9 Å². The number of benzene rings is 1. The number of halogens is 1. The number of thiazole rings is 1. The summed E-state index contributed by atoms with van der Waals surface area (Å²) >= 11 is 7.81. The minimum absolute atomic E-state index is 0.0811. The number of hydrogen-bond acceptors (Lipinski definition) is 5. The predicted molar refractivity (Wildman–Crippen MR) is 104 cm³/mol. The number of hydrogen-bond donors (Lipinski definition) is 1. The average molecular weight is 379 g/mol. The standard InChI is InChI=1S/C18H23ClN4OS/c1-12(24)20-14-4-7-23(11-14)15-5-8-22(9-6-15)18-21-16-3-2-13(19)10-17(16)25-18/h2-3,10,14-15H,4-9,11H2,1H3,(H,20,24)/t14-/m0/s1. The third kappa shape index (κ3) is 3.76. The summed E-state index contributed by atoms with van der Waals surface area (Å²) in [5.41, 5.74) is 1.03. The lowest BCUT2D eigenvalue weighted by Gasteiger charge is -2.36. The zero-order chi connectivity index (χ0) is 17.4. The molecule has 2 aromatic rings. The Balaban J connectivity index is 1.35. The Kier molecular flexibility index (Phi) is 4.84. The number of piperidine rings is 1. The first-order chi connectivity index (χ1) is 12.1. The van der Waals surface area contributed by atoms with Crippen LogP contribution in [0.4, 0.5) is 5.13 Å². The van der Waals surface area contributed by atoms with Gasteiger partial charge in [0, 0.05) is 50.2 Å². The van der Waals surface area contributed by atoms with Gasteiger partial charge in [0.05, 0.1) is 10.2 Å². The summed E-state index contributed by atoms with van der Waals surface area (Å²) in [5.74, 6) is 0.0811. The van der Waals surface area contributed by atoms with Crippen LogP contribution in [0.3, 0.4) is 0 Å². The van der Waals surface area contributed by atoms with Gasteiger partial charge in [-0.2, -0.15) is 0 Å². The smallest absolute Gasteiger partial charge is 0.217 e. The van der Waals surface area contributed by atoms with Gasteiger partial charge in [0.25, 0.3) is 0 Å². The van der Waals surface area contributed by atoms with E-state index in [9.17, 15) is 4.79 Å². The first-order valence-electron chi connectivity index (χ1n) is 8.90. The van der Waals surface area contributed by atoms with Crippen LogP contribution in [-0.4, -0.2) is 54.1 Å². The van der Waals surface area contributed by atoms with E-state index in [4.69, 9.17) is 16.6 Å². The molecule has 2 saturated heterocycles. The molecule has 7 heteroatoms. The molecule has 0 saturated carbocycles. The molecule has 25 heavy (non-hydrogen) atoms. The minimum atomic E-state index is 0.0811. The van der Waals surface area contributed by atoms with Crippen LogP contribution in [0.25, 0.3) is 10.2 Å². The van der Waals surface area contributed by atoms with Crippen LogP contribution < -0.4 is 10.2 Å². The van der Waals surface area contributed by atoms with E-state index >= 15 is 0 Å².